The molecule has 0 atom stereocenters. The van der Waals surface area contributed by atoms with Gasteiger partial charge >= 0.3 is 0 Å². The molecule has 84 valence electrons. The maximum atomic E-state index is 13.2. The Labute approximate surface area is 106 Å². The van der Waals surface area contributed by atoms with E-state index in [4.69, 9.17) is 11.6 Å². The van der Waals surface area contributed by atoms with Crippen molar-refractivity contribution in [3.63, 3.8) is 0 Å². The Morgan fingerprint density at radius 3 is 2.75 bits per heavy atom. The fourth-order valence-corrected chi connectivity index (χ4v) is 2.11. The summed E-state index contributed by atoms with van der Waals surface area (Å²) in [7, 11) is 0. The first-order chi connectivity index (χ1) is 7.56. The molecule has 0 amide bonds. The predicted molar refractivity (Wildman–Crippen MR) is 65.2 cm³/mol. The van der Waals surface area contributed by atoms with E-state index >= 15 is 0 Å². The average molecular weight is 304 g/mol. The molecular formula is C11H9BrClFN2. The summed E-state index contributed by atoms with van der Waals surface area (Å²) in [4.78, 5) is 0. The number of hydrogen-bond donors (Lipinski definition) is 0. The Kier molecular flexibility index (Phi) is 3.30. The minimum Gasteiger partial charge on any atom is -0.264 e. The molecule has 0 N–H and O–H groups in total. The van der Waals surface area contributed by atoms with Crippen LogP contribution in [0.5, 0.6) is 0 Å². The van der Waals surface area contributed by atoms with Gasteiger partial charge < -0.3 is 0 Å². The van der Waals surface area contributed by atoms with Gasteiger partial charge in [-0.25, -0.2) is 4.39 Å². The molecule has 0 aliphatic carbocycles. The monoisotopic (exact) mass is 302 g/mol. The van der Waals surface area contributed by atoms with Crippen LogP contribution < -0.4 is 0 Å². The lowest BCUT2D eigenvalue weighted by Gasteiger charge is -2.05. The van der Waals surface area contributed by atoms with Gasteiger partial charge in [0.25, 0.3) is 0 Å². The number of aromatic nitrogens is 2. The molecule has 0 radical (unpaired) electrons. The van der Waals surface area contributed by atoms with Gasteiger partial charge in [-0.1, -0.05) is 27.5 Å². The lowest BCUT2D eigenvalue weighted by Crippen LogP contribution is -2.03. The van der Waals surface area contributed by atoms with Crippen molar-refractivity contribution in [3.8, 4) is 0 Å². The van der Waals surface area contributed by atoms with E-state index in [1.807, 2.05) is 13.0 Å². The van der Waals surface area contributed by atoms with Gasteiger partial charge in [0.2, 0.25) is 0 Å². The summed E-state index contributed by atoms with van der Waals surface area (Å²) < 4.78 is 15.6. The van der Waals surface area contributed by atoms with Crippen molar-refractivity contribution in [2.24, 2.45) is 0 Å². The highest BCUT2D eigenvalue weighted by Gasteiger charge is 2.06. The minimum atomic E-state index is -0.264. The van der Waals surface area contributed by atoms with E-state index in [0.717, 1.165) is 15.7 Å². The van der Waals surface area contributed by atoms with Crippen molar-refractivity contribution >= 4 is 27.5 Å². The normalized spacial score (nSPS) is 10.8. The quantitative estimate of drug-likeness (QED) is 0.825. The molecule has 2 nitrogen and oxygen atoms in total. The van der Waals surface area contributed by atoms with Crippen LogP contribution in [0.3, 0.4) is 0 Å². The summed E-state index contributed by atoms with van der Waals surface area (Å²) in [6.07, 6.45) is 1.59. The largest absolute Gasteiger partial charge is 0.264 e. The lowest BCUT2D eigenvalue weighted by molar-refractivity contribution is 0.615. The highest BCUT2D eigenvalue weighted by molar-refractivity contribution is 9.10. The van der Waals surface area contributed by atoms with Crippen molar-refractivity contribution in [2.45, 2.75) is 13.5 Å². The fraction of sp³-hybridized carbons (Fsp3) is 0.182. The highest BCUT2D eigenvalue weighted by atomic mass is 79.9. The van der Waals surface area contributed by atoms with Crippen LogP contribution in [-0.2, 0) is 6.54 Å². The topological polar surface area (TPSA) is 17.8 Å². The Morgan fingerprint density at radius 1 is 1.44 bits per heavy atom. The van der Waals surface area contributed by atoms with Gasteiger partial charge in [0.05, 0.1) is 23.5 Å². The Hall–Kier alpha value is -0.870. The second-order valence-corrected chi connectivity index (χ2v) is 4.84. The molecule has 0 unspecified atom stereocenters. The van der Waals surface area contributed by atoms with Gasteiger partial charge in [-0.2, -0.15) is 5.10 Å². The molecule has 0 spiro atoms. The summed E-state index contributed by atoms with van der Waals surface area (Å²) in [5, 5.41) is 4.74. The van der Waals surface area contributed by atoms with Gasteiger partial charge in [0.1, 0.15) is 5.82 Å². The maximum absolute atomic E-state index is 13.2. The van der Waals surface area contributed by atoms with Crippen molar-refractivity contribution in [1.82, 2.24) is 9.78 Å². The van der Waals surface area contributed by atoms with E-state index in [0.29, 0.717) is 11.6 Å². The number of hydrogen-bond acceptors (Lipinski definition) is 1. The number of nitrogens with zero attached hydrogens (tertiary/aromatic N) is 2. The number of halogens is 3. The molecule has 0 aliphatic heterocycles. The molecule has 0 fully saturated rings. The first-order valence-corrected chi connectivity index (χ1v) is 5.86. The van der Waals surface area contributed by atoms with Gasteiger partial charge in [-0.3, -0.25) is 4.68 Å². The Morgan fingerprint density at radius 2 is 2.19 bits per heavy atom. The van der Waals surface area contributed by atoms with Crippen LogP contribution >= 0.6 is 27.5 Å². The third kappa shape index (κ3) is 2.44. The highest BCUT2D eigenvalue weighted by Crippen LogP contribution is 2.18. The first-order valence-electron chi connectivity index (χ1n) is 4.69. The summed E-state index contributed by atoms with van der Waals surface area (Å²) in [6, 6.07) is 4.77. The SMILES string of the molecule is Cc1c(Cl)cnn1Cc1cc(F)cc(Br)c1. The molecule has 16 heavy (non-hydrogen) atoms. The summed E-state index contributed by atoms with van der Waals surface area (Å²) in [6.45, 7) is 2.39. The molecule has 0 aliphatic rings. The zero-order valence-electron chi connectivity index (χ0n) is 8.54. The van der Waals surface area contributed by atoms with Crippen LogP contribution in [0.25, 0.3) is 0 Å². The van der Waals surface area contributed by atoms with Crippen LogP contribution in [0, 0.1) is 12.7 Å². The summed E-state index contributed by atoms with van der Waals surface area (Å²) >= 11 is 9.15. The zero-order chi connectivity index (χ0) is 11.7. The van der Waals surface area contributed by atoms with Crippen molar-refractivity contribution in [3.05, 3.63) is 51.0 Å². The second kappa shape index (κ2) is 4.55. The van der Waals surface area contributed by atoms with Crippen molar-refractivity contribution < 1.29 is 4.39 Å². The van der Waals surface area contributed by atoms with Crippen LogP contribution in [0.4, 0.5) is 4.39 Å². The van der Waals surface area contributed by atoms with E-state index in [9.17, 15) is 4.39 Å². The lowest BCUT2D eigenvalue weighted by atomic mass is 10.2. The molecule has 1 aromatic heterocycles. The predicted octanol–water partition coefficient (Wildman–Crippen LogP) is 3.79. The van der Waals surface area contributed by atoms with E-state index in [1.165, 1.54) is 12.1 Å². The van der Waals surface area contributed by atoms with Crippen LogP contribution in [0.2, 0.25) is 5.02 Å². The van der Waals surface area contributed by atoms with Crippen LogP contribution in [0.15, 0.2) is 28.9 Å². The van der Waals surface area contributed by atoms with E-state index in [-0.39, 0.29) is 5.82 Å². The molecule has 2 aromatic rings. The van der Waals surface area contributed by atoms with E-state index in [2.05, 4.69) is 21.0 Å². The molecule has 0 saturated heterocycles. The molecule has 1 heterocycles. The summed E-state index contributed by atoms with van der Waals surface area (Å²) in [5.41, 5.74) is 1.72. The summed E-state index contributed by atoms with van der Waals surface area (Å²) in [5.74, 6) is -0.264. The molecule has 1 aromatic carbocycles. The molecular weight excluding hydrogens is 294 g/mol. The smallest absolute Gasteiger partial charge is 0.124 e. The molecule has 2 rings (SSSR count). The zero-order valence-corrected chi connectivity index (χ0v) is 10.9. The van der Waals surface area contributed by atoms with E-state index in [1.54, 1.807) is 10.9 Å². The second-order valence-electron chi connectivity index (χ2n) is 3.51. The van der Waals surface area contributed by atoms with Crippen LogP contribution in [0.1, 0.15) is 11.3 Å². The first kappa shape index (κ1) is 11.6. The fourth-order valence-electron chi connectivity index (χ4n) is 1.46. The van der Waals surface area contributed by atoms with Crippen LogP contribution in [-0.4, -0.2) is 9.78 Å². The Balaban J connectivity index is 2.30. The number of rotatable bonds is 2. The standard InChI is InChI=1S/C11H9BrClFN2/c1-7-11(13)5-15-16(7)6-8-2-9(12)4-10(14)3-8/h2-5H,6H2,1H3. The van der Waals surface area contributed by atoms with Crippen molar-refractivity contribution in [2.75, 3.05) is 0 Å². The third-order valence-electron chi connectivity index (χ3n) is 2.30. The average Bonchev–Trinajstić information content (AvgIpc) is 2.48. The van der Waals surface area contributed by atoms with Gasteiger partial charge in [0.15, 0.2) is 0 Å². The Bertz CT molecular complexity index is 504. The van der Waals surface area contributed by atoms with Crippen molar-refractivity contribution in [1.29, 1.82) is 0 Å². The molecule has 5 heteroatoms. The number of benzene rings is 1. The minimum absolute atomic E-state index is 0.264. The third-order valence-corrected chi connectivity index (χ3v) is 3.13. The van der Waals surface area contributed by atoms with Gasteiger partial charge in [0, 0.05) is 4.47 Å². The van der Waals surface area contributed by atoms with Gasteiger partial charge in [-0.15, -0.1) is 0 Å². The molecule has 0 bridgehead atoms. The maximum Gasteiger partial charge on any atom is 0.124 e. The van der Waals surface area contributed by atoms with Gasteiger partial charge in [-0.05, 0) is 30.7 Å². The van der Waals surface area contributed by atoms with E-state index < -0.39 is 0 Å². The molecule has 0 saturated carbocycles.